The predicted molar refractivity (Wildman–Crippen MR) is 52.7 cm³/mol. The molecule has 3 nitrogen and oxygen atoms in total. The van der Waals surface area contributed by atoms with Crippen LogP contribution in [0.1, 0.15) is 12.5 Å². The lowest BCUT2D eigenvalue weighted by Crippen LogP contribution is -1.96. The molecule has 0 fully saturated rings. The minimum Gasteiger partial charge on any atom is -0.265 e. The highest BCUT2D eigenvalue weighted by Crippen LogP contribution is 2.02. The van der Waals surface area contributed by atoms with E-state index in [0.29, 0.717) is 0 Å². The first-order valence-electron chi connectivity index (χ1n) is 3.95. The average molecular weight is 197 g/mol. The van der Waals surface area contributed by atoms with E-state index >= 15 is 0 Å². The molecule has 0 amide bonds. The zero-order chi connectivity index (χ0) is 9.73. The summed E-state index contributed by atoms with van der Waals surface area (Å²) >= 11 is 0. The molecule has 0 aliphatic rings. The Balaban J connectivity index is 2.82. The van der Waals surface area contributed by atoms with E-state index in [1.54, 1.807) is 37.5 Å². The third kappa shape index (κ3) is 3.38. The normalized spacial score (nSPS) is 12.1. The lowest BCUT2D eigenvalue weighted by atomic mass is 10.3. The van der Waals surface area contributed by atoms with Gasteiger partial charge in [-0.15, -0.1) is 0 Å². The molecule has 0 atom stereocenters. The molecule has 1 rings (SSSR count). The summed E-state index contributed by atoms with van der Waals surface area (Å²) in [7, 11) is -3.02. The van der Waals surface area contributed by atoms with Gasteiger partial charge in [0, 0.05) is 17.8 Å². The van der Waals surface area contributed by atoms with E-state index in [2.05, 4.69) is 4.98 Å². The van der Waals surface area contributed by atoms with Crippen LogP contribution in [-0.2, 0) is 9.84 Å². The molecule has 4 heteroatoms. The molecule has 0 unspecified atom stereocenters. The molecular weight excluding hydrogens is 186 g/mol. The van der Waals surface area contributed by atoms with Crippen molar-refractivity contribution in [3.63, 3.8) is 0 Å². The van der Waals surface area contributed by atoms with Gasteiger partial charge in [-0.2, -0.15) is 0 Å². The zero-order valence-corrected chi connectivity index (χ0v) is 8.16. The van der Waals surface area contributed by atoms with Gasteiger partial charge in [-0.1, -0.05) is 6.92 Å². The Kier molecular flexibility index (Phi) is 3.19. The van der Waals surface area contributed by atoms with E-state index in [-0.39, 0.29) is 5.75 Å². The second-order valence-electron chi connectivity index (χ2n) is 2.53. The van der Waals surface area contributed by atoms with Crippen LogP contribution < -0.4 is 0 Å². The van der Waals surface area contributed by atoms with Crippen LogP contribution in [0.3, 0.4) is 0 Å². The monoisotopic (exact) mass is 197 g/mol. The van der Waals surface area contributed by atoms with Crippen molar-refractivity contribution in [2.24, 2.45) is 0 Å². The van der Waals surface area contributed by atoms with Gasteiger partial charge < -0.3 is 0 Å². The Hall–Kier alpha value is -1.16. The van der Waals surface area contributed by atoms with Crippen LogP contribution in [0.15, 0.2) is 29.9 Å². The van der Waals surface area contributed by atoms with Crippen LogP contribution in [0.25, 0.3) is 6.08 Å². The molecule has 1 aromatic rings. The summed E-state index contributed by atoms with van der Waals surface area (Å²) in [6, 6.07) is 3.50. The third-order valence-corrected chi connectivity index (χ3v) is 2.93. The first kappa shape index (κ1) is 9.92. The molecule has 1 aromatic heterocycles. The van der Waals surface area contributed by atoms with Crippen LogP contribution in [-0.4, -0.2) is 19.2 Å². The van der Waals surface area contributed by atoms with Gasteiger partial charge in [0.05, 0.1) is 5.75 Å². The fraction of sp³-hybridized carbons (Fsp3) is 0.222. The highest BCUT2D eigenvalue weighted by molar-refractivity contribution is 7.94. The Morgan fingerprint density at radius 1 is 1.38 bits per heavy atom. The van der Waals surface area contributed by atoms with Gasteiger partial charge in [0.2, 0.25) is 0 Å². The zero-order valence-electron chi connectivity index (χ0n) is 7.34. The number of hydrogen-bond acceptors (Lipinski definition) is 3. The molecule has 1 heterocycles. The van der Waals surface area contributed by atoms with E-state index in [1.165, 1.54) is 5.41 Å². The second-order valence-corrected chi connectivity index (χ2v) is 4.71. The summed E-state index contributed by atoms with van der Waals surface area (Å²) in [6.07, 6.45) is 4.82. The Morgan fingerprint density at radius 3 is 2.54 bits per heavy atom. The van der Waals surface area contributed by atoms with Crippen molar-refractivity contribution in [2.75, 3.05) is 5.75 Å². The van der Waals surface area contributed by atoms with Crippen molar-refractivity contribution < 1.29 is 8.42 Å². The summed E-state index contributed by atoms with van der Waals surface area (Å²) in [4.78, 5) is 3.83. The van der Waals surface area contributed by atoms with Gasteiger partial charge in [-0.3, -0.25) is 4.98 Å². The summed E-state index contributed by atoms with van der Waals surface area (Å²) < 4.78 is 22.1. The minimum atomic E-state index is -3.02. The van der Waals surface area contributed by atoms with Crippen LogP contribution >= 0.6 is 0 Å². The SMILES string of the molecule is CCS(=O)(=O)C=Cc1ccncc1. The molecule has 0 radical (unpaired) electrons. The molecule has 13 heavy (non-hydrogen) atoms. The molecule has 0 saturated carbocycles. The molecule has 0 bridgehead atoms. The third-order valence-electron chi connectivity index (χ3n) is 1.58. The molecule has 0 aliphatic carbocycles. The Labute approximate surface area is 78.0 Å². The average Bonchev–Trinajstić information content (AvgIpc) is 2.17. The van der Waals surface area contributed by atoms with Gasteiger partial charge in [0.1, 0.15) is 0 Å². The van der Waals surface area contributed by atoms with Crippen molar-refractivity contribution in [3.05, 3.63) is 35.5 Å². The topological polar surface area (TPSA) is 47.0 Å². The largest absolute Gasteiger partial charge is 0.265 e. The van der Waals surface area contributed by atoms with Crippen molar-refractivity contribution in [1.82, 2.24) is 4.98 Å². The molecule has 0 saturated heterocycles. The van der Waals surface area contributed by atoms with Crippen molar-refractivity contribution >= 4 is 15.9 Å². The van der Waals surface area contributed by atoms with Gasteiger partial charge in [0.15, 0.2) is 9.84 Å². The van der Waals surface area contributed by atoms with Crippen molar-refractivity contribution in [2.45, 2.75) is 6.92 Å². The molecule has 0 aliphatic heterocycles. The number of rotatable bonds is 3. The van der Waals surface area contributed by atoms with Crippen LogP contribution in [0.4, 0.5) is 0 Å². The first-order chi connectivity index (χ1) is 6.14. The van der Waals surface area contributed by atoms with Gasteiger partial charge in [-0.05, 0) is 23.8 Å². The maximum atomic E-state index is 11.1. The number of pyridine rings is 1. The summed E-state index contributed by atoms with van der Waals surface area (Å²) in [5.41, 5.74) is 0.840. The van der Waals surface area contributed by atoms with Crippen molar-refractivity contribution in [3.8, 4) is 0 Å². The first-order valence-corrected chi connectivity index (χ1v) is 5.66. The number of nitrogens with zero attached hydrogens (tertiary/aromatic N) is 1. The van der Waals surface area contributed by atoms with E-state index < -0.39 is 9.84 Å². The summed E-state index contributed by atoms with van der Waals surface area (Å²) in [5, 5.41) is 1.22. The minimum absolute atomic E-state index is 0.134. The van der Waals surface area contributed by atoms with E-state index in [1.807, 2.05) is 0 Å². The highest BCUT2D eigenvalue weighted by Gasteiger charge is 1.99. The predicted octanol–water partition coefficient (Wildman–Crippen LogP) is 1.49. The van der Waals surface area contributed by atoms with E-state index in [0.717, 1.165) is 5.56 Å². The standard InChI is InChI=1S/C9H11NO2S/c1-2-13(11,12)8-5-9-3-6-10-7-4-9/h3-8H,2H2,1H3. The van der Waals surface area contributed by atoms with Crippen LogP contribution in [0.2, 0.25) is 0 Å². The maximum absolute atomic E-state index is 11.1. The number of sulfone groups is 1. The fourth-order valence-electron chi connectivity index (χ4n) is 0.753. The van der Waals surface area contributed by atoms with Gasteiger partial charge in [0.25, 0.3) is 0 Å². The molecule has 70 valence electrons. The Bertz CT molecular complexity index is 381. The van der Waals surface area contributed by atoms with E-state index in [4.69, 9.17) is 0 Å². The van der Waals surface area contributed by atoms with Crippen LogP contribution in [0, 0.1) is 0 Å². The number of hydrogen-bond donors (Lipinski definition) is 0. The fourth-order valence-corrected chi connectivity index (χ4v) is 1.31. The summed E-state index contributed by atoms with van der Waals surface area (Å²) in [5.74, 6) is 0.134. The molecular formula is C9H11NO2S. The molecule has 0 N–H and O–H groups in total. The second kappa shape index (κ2) is 4.18. The van der Waals surface area contributed by atoms with Gasteiger partial charge >= 0.3 is 0 Å². The maximum Gasteiger partial charge on any atom is 0.171 e. The van der Waals surface area contributed by atoms with E-state index in [9.17, 15) is 8.42 Å². The van der Waals surface area contributed by atoms with Crippen LogP contribution in [0.5, 0.6) is 0 Å². The van der Waals surface area contributed by atoms with Crippen molar-refractivity contribution in [1.29, 1.82) is 0 Å². The quantitative estimate of drug-likeness (QED) is 0.737. The Morgan fingerprint density at radius 2 is 2.00 bits per heavy atom. The van der Waals surface area contributed by atoms with Gasteiger partial charge in [-0.25, -0.2) is 8.42 Å². The summed E-state index contributed by atoms with van der Waals surface area (Å²) in [6.45, 7) is 1.62. The molecule has 0 aromatic carbocycles. The lowest BCUT2D eigenvalue weighted by molar-refractivity contribution is 0.606. The molecule has 0 spiro atoms. The smallest absolute Gasteiger partial charge is 0.171 e. The lowest BCUT2D eigenvalue weighted by Gasteiger charge is -1.92. The number of aromatic nitrogens is 1. The highest BCUT2D eigenvalue weighted by atomic mass is 32.2.